The number of carbonyl (C=O) groups excluding carboxylic acids is 1. The minimum Gasteiger partial charge on any atom is -0.335 e. The molecule has 0 aromatic rings. The summed E-state index contributed by atoms with van der Waals surface area (Å²) in [6, 6.07) is 0.363. The Morgan fingerprint density at radius 3 is 2.54 bits per heavy atom. The van der Waals surface area contributed by atoms with E-state index in [-0.39, 0.29) is 11.6 Å². The van der Waals surface area contributed by atoms with E-state index in [2.05, 4.69) is 24.5 Å². The third kappa shape index (κ3) is 2.36. The minimum absolute atomic E-state index is 0.0133. The van der Waals surface area contributed by atoms with E-state index in [0.717, 1.165) is 18.8 Å². The molecule has 0 spiro atoms. The Morgan fingerprint density at radius 2 is 2.08 bits per heavy atom. The predicted octanol–water partition coefficient (Wildman–Crippen LogP) is 1.64. The van der Waals surface area contributed by atoms with Crippen LogP contribution in [0.25, 0.3) is 0 Å². The zero-order valence-electron chi connectivity index (χ0n) is 8.39. The second kappa shape index (κ2) is 2.89. The molecule has 1 unspecified atom stereocenters. The lowest BCUT2D eigenvalue weighted by molar-refractivity contribution is 0.232. The first-order chi connectivity index (χ1) is 6.09. The molecule has 2 amide bonds. The van der Waals surface area contributed by atoms with Crippen molar-refractivity contribution in [3.8, 4) is 0 Å². The second-order valence-corrected chi connectivity index (χ2v) is 4.79. The normalized spacial score (nSPS) is 26.3. The Hall–Kier alpha value is -0.730. The molecule has 0 radical (unpaired) electrons. The van der Waals surface area contributed by atoms with Crippen molar-refractivity contribution in [3.05, 3.63) is 0 Å². The molecule has 2 aliphatic carbocycles. The molecule has 0 bridgehead atoms. The van der Waals surface area contributed by atoms with Crippen molar-refractivity contribution in [3.63, 3.8) is 0 Å². The molecule has 74 valence electrons. The summed E-state index contributed by atoms with van der Waals surface area (Å²) >= 11 is 0. The first kappa shape index (κ1) is 8.85. The third-order valence-electron chi connectivity index (χ3n) is 3.10. The number of nitrogens with one attached hydrogen (secondary N) is 2. The van der Waals surface area contributed by atoms with Gasteiger partial charge in [-0.1, -0.05) is 0 Å². The summed E-state index contributed by atoms with van der Waals surface area (Å²) in [5, 5.41) is 5.98. The van der Waals surface area contributed by atoms with E-state index in [9.17, 15) is 4.79 Å². The first-order valence-corrected chi connectivity index (χ1v) is 5.18. The lowest BCUT2D eigenvalue weighted by atomic mass is 10.2. The van der Waals surface area contributed by atoms with Crippen LogP contribution in [0.1, 0.15) is 39.5 Å². The summed E-state index contributed by atoms with van der Waals surface area (Å²) in [6.45, 7) is 4.18. The minimum atomic E-state index is 0.0133. The van der Waals surface area contributed by atoms with Gasteiger partial charge in [-0.15, -0.1) is 0 Å². The van der Waals surface area contributed by atoms with Crippen molar-refractivity contribution in [1.29, 1.82) is 0 Å². The molecule has 2 fully saturated rings. The number of urea groups is 1. The number of carbonyl (C=O) groups is 1. The fraction of sp³-hybridized carbons (Fsp3) is 0.900. The average molecular weight is 182 g/mol. The summed E-state index contributed by atoms with van der Waals surface area (Å²) in [5.41, 5.74) is 0.105. The van der Waals surface area contributed by atoms with Gasteiger partial charge < -0.3 is 10.6 Å². The van der Waals surface area contributed by atoms with Gasteiger partial charge in [-0.25, -0.2) is 4.79 Å². The van der Waals surface area contributed by atoms with Crippen LogP contribution >= 0.6 is 0 Å². The highest BCUT2D eigenvalue weighted by molar-refractivity contribution is 5.75. The van der Waals surface area contributed by atoms with E-state index in [0.29, 0.717) is 6.04 Å². The van der Waals surface area contributed by atoms with Crippen molar-refractivity contribution in [2.45, 2.75) is 51.1 Å². The fourth-order valence-corrected chi connectivity index (χ4v) is 1.54. The van der Waals surface area contributed by atoms with Crippen molar-refractivity contribution in [2.24, 2.45) is 5.92 Å². The SMILES string of the molecule is CC(NC(=O)NC1(C)CC1)C1CC1. The first-order valence-electron chi connectivity index (χ1n) is 5.18. The quantitative estimate of drug-likeness (QED) is 0.684. The lowest BCUT2D eigenvalue weighted by Gasteiger charge is -2.16. The maximum atomic E-state index is 11.4. The van der Waals surface area contributed by atoms with Gasteiger partial charge >= 0.3 is 6.03 Å². The number of hydrogen-bond donors (Lipinski definition) is 2. The molecule has 2 rings (SSSR count). The third-order valence-corrected chi connectivity index (χ3v) is 3.10. The Balaban J connectivity index is 1.71. The van der Waals surface area contributed by atoms with Crippen LogP contribution in [-0.4, -0.2) is 17.6 Å². The van der Waals surface area contributed by atoms with Crippen LogP contribution < -0.4 is 10.6 Å². The van der Waals surface area contributed by atoms with Crippen molar-refractivity contribution >= 4 is 6.03 Å². The van der Waals surface area contributed by atoms with Crippen LogP contribution in [0.5, 0.6) is 0 Å². The Bertz CT molecular complexity index is 219. The van der Waals surface area contributed by atoms with Crippen LogP contribution in [0.15, 0.2) is 0 Å². The van der Waals surface area contributed by atoms with Crippen molar-refractivity contribution in [1.82, 2.24) is 10.6 Å². The van der Waals surface area contributed by atoms with Crippen molar-refractivity contribution < 1.29 is 4.79 Å². The zero-order valence-corrected chi connectivity index (χ0v) is 8.39. The Labute approximate surface area is 79.3 Å². The van der Waals surface area contributed by atoms with Gasteiger partial charge in [-0.3, -0.25) is 0 Å². The monoisotopic (exact) mass is 182 g/mol. The molecule has 2 aliphatic rings. The van der Waals surface area contributed by atoms with Crippen molar-refractivity contribution in [2.75, 3.05) is 0 Å². The predicted molar refractivity (Wildman–Crippen MR) is 51.5 cm³/mol. The molecule has 13 heavy (non-hydrogen) atoms. The Morgan fingerprint density at radius 1 is 1.46 bits per heavy atom. The summed E-state index contributed by atoms with van der Waals surface area (Å²) in [7, 11) is 0. The van der Waals surface area contributed by atoms with E-state index < -0.39 is 0 Å². The largest absolute Gasteiger partial charge is 0.335 e. The molecule has 2 saturated carbocycles. The summed E-state index contributed by atoms with van der Waals surface area (Å²) < 4.78 is 0. The molecule has 0 saturated heterocycles. The van der Waals surface area contributed by atoms with E-state index >= 15 is 0 Å². The molecule has 0 aromatic heterocycles. The van der Waals surface area contributed by atoms with Gasteiger partial charge in [0.2, 0.25) is 0 Å². The van der Waals surface area contributed by atoms with E-state index in [1.807, 2.05) is 0 Å². The summed E-state index contributed by atoms with van der Waals surface area (Å²) in [4.78, 5) is 11.4. The highest BCUT2D eigenvalue weighted by Crippen LogP contribution is 2.34. The highest BCUT2D eigenvalue weighted by atomic mass is 16.2. The van der Waals surface area contributed by atoms with Gasteiger partial charge in [0, 0.05) is 11.6 Å². The van der Waals surface area contributed by atoms with Crippen LogP contribution in [0, 0.1) is 5.92 Å². The van der Waals surface area contributed by atoms with Crippen LogP contribution in [-0.2, 0) is 0 Å². The van der Waals surface area contributed by atoms with Gasteiger partial charge in [-0.05, 0) is 45.4 Å². The highest BCUT2D eigenvalue weighted by Gasteiger charge is 2.39. The second-order valence-electron chi connectivity index (χ2n) is 4.79. The van der Waals surface area contributed by atoms with Gasteiger partial charge in [0.1, 0.15) is 0 Å². The van der Waals surface area contributed by atoms with Gasteiger partial charge in [0.25, 0.3) is 0 Å². The molecule has 3 heteroatoms. The molecule has 0 heterocycles. The maximum absolute atomic E-state index is 11.4. The summed E-state index contributed by atoms with van der Waals surface area (Å²) in [6.07, 6.45) is 4.80. The topological polar surface area (TPSA) is 41.1 Å². The van der Waals surface area contributed by atoms with E-state index in [1.54, 1.807) is 0 Å². The molecular formula is C10H18N2O. The zero-order chi connectivity index (χ0) is 9.47. The van der Waals surface area contributed by atoms with Crippen LogP contribution in [0.3, 0.4) is 0 Å². The number of rotatable bonds is 3. The molecule has 2 N–H and O–H groups in total. The number of amides is 2. The smallest absolute Gasteiger partial charge is 0.315 e. The lowest BCUT2D eigenvalue weighted by Crippen LogP contribution is -2.46. The number of hydrogen-bond acceptors (Lipinski definition) is 1. The molecule has 3 nitrogen and oxygen atoms in total. The van der Waals surface area contributed by atoms with Gasteiger partial charge in [-0.2, -0.15) is 0 Å². The maximum Gasteiger partial charge on any atom is 0.315 e. The molecule has 0 aromatic carbocycles. The Kier molecular flexibility index (Phi) is 1.97. The van der Waals surface area contributed by atoms with Gasteiger partial charge in [0.15, 0.2) is 0 Å². The molecule has 1 atom stereocenters. The van der Waals surface area contributed by atoms with Crippen LogP contribution in [0.4, 0.5) is 4.79 Å². The standard InChI is InChI=1S/C10H18N2O/c1-7(8-3-4-8)11-9(13)12-10(2)5-6-10/h7-8H,3-6H2,1-2H3,(H2,11,12,13). The average Bonchev–Trinajstić information content (AvgIpc) is 2.82. The van der Waals surface area contributed by atoms with Gasteiger partial charge in [0.05, 0.1) is 0 Å². The fourth-order valence-electron chi connectivity index (χ4n) is 1.54. The summed E-state index contributed by atoms with van der Waals surface area (Å²) in [5.74, 6) is 0.734. The molecule has 0 aliphatic heterocycles. The molecular weight excluding hydrogens is 164 g/mol. The van der Waals surface area contributed by atoms with E-state index in [4.69, 9.17) is 0 Å². The van der Waals surface area contributed by atoms with Crippen LogP contribution in [0.2, 0.25) is 0 Å². The van der Waals surface area contributed by atoms with E-state index in [1.165, 1.54) is 12.8 Å².